The highest BCUT2D eigenvalue weighted by atomic mass is 35.5. The minimum Gasteiger partial charge on any atom is -0.494 e. The fourth-order valence-corrected chi connectivity index (χ4v) is 5.59. The average molecular weight is 632 g/mol. The van der Waals surface area contributed by atoms with Crippen molar-refractivity contribution in [2.45, 2.75) is 20.0 Å². The number of methoxy groups -OCH3 is 2. The lowest BCUT2D eigenvalue weighted by Gasteiger charge is -2.27. The third-order valence-electron chi connectivity index (χ3n) is 6.48. The van der Waals surface area contributed by atoms with Crippen molar-refractivity contribution in [3.8, 4) is 11.5 Å². The molecule has 4 N–H and O–H groups in total. The quantitative estimate of drug-likeness (QED) is 0.122. The van der Waals surface area contributed by atoms with E-state index in [0.29, 0.717) is 52.6 Å². The first-order chi connectivity index (χ1) is 20.5. The Morgan fingerprint density at radius 1 is 1.12 bits per heavy atom. The van der Waals surface area contributed by atoms with Crippen molar-refractivity contribution in [1.29, 1.82) is 0 Å². The third-order valence-corrected chi connectivity index (χ3v) is 8.33. The van der Waals surface area contributed by atoms with Gasteiger partial charge in [0.25, 0.3) is 0 Å². The minimum atomic E-state index is -2.33. The molecular weight excluding hydrogens is 591 g/mol. The van der Waals surface area contributed by atoms with Gasteiger partial charge in [-0.25, -0.2) is 9.88 Å². The second-order valence-corrected chi connectivity index (χ2v) is 13.7. The van der Waals surface area contributed by atoms with Gasteiger partial charge in [0.2, 0.25) is 11.9 Å². The van der Waals surface area contributed by atoms with Crippen LogP contribution in [0.1, 0.15) is 13.8 Å². The Morgan fingerprint density at radius 2 is 1.84 bits per heavy atom. The first-order valence-corrected chi connectivity index (χ1v) is 16.8. The number of benzene rings is 2. The number of hydrogen-bond acceptors (Lipinski definition) is 10. The van der Waals surface area contributed by atoms with E-state index in [4.69, 9.17) is 25.8 Å². The number of ether oxygens (including phenoxy) is 3. The van der Waals surface area contributed by atoms with Gasteiger partial charge in [0.05, 0.1) is 50.3 Å². The van der Waals surface area contributed by atoms with E-state index in [1.54, 1.807) is 19.2 Å². The van der Waals surface area contributed by atoms with Crippen molar-refractivity contribution >= 4 is 59.1 Å². The summed E-state index contributed by atoms with van der Waals surface area (Å²) in [4.78, 5) is 34.2. The first-order valence-electron chi connectivity index (χ1n) is 13.8. The molecule has 1 heterocycles. The van der Waals surface area contributed by atoms with E-state index in [1.165, 1.54) is 19.4 Å². The molecule has 0 aliphatic carbocycles. The number of anilines is 5. The Hall–Kier alpha value is -3.47. The second kappa shape index (κ2) is 15.8. The highest BCUT2D eigenvalue weighted by molar-refractivity contribution is 7.76. The Morgan fingerprint density at radius 3 is 2.47 bits per heavy atom. The molecule has 0 saturated heterocycles. The molecule has 3 rings (SSSR count). The first kappa shape index (κ1) is 34.0. The Kier molecular flexibility index (Phi) is 12.5. The second-order valence-electron chi connectivity index (χ2n) is 9.97. The van der Waals surface area contributed by atoms with Gasteiger partial charge >= 0.3 is 0 Å². The van der Waals surface area contributed by atoms with Crippen LogP contribution in [0.3, 0.4) is 0 Å². The van der Waals surface area contributed by atoms with Crippen molar-refractivity contribution in [1.82, 2.24) is 14.9 Å². The van der Waals surface area contributed by atoms with Crippen LogP contribution >= 0.6 is 19.1 Å². The lowest BCUT2D eigenvalue weighted by Crippen LogP contribution is -2.38. The molecule has 11 nitrogen and oxygen atoms in total. The summed E-state index contributed by atoms with van der Waals surface area (Å²) in [5, 5.41) is 10.3. The summed E-state index contributed by atoms with van der Waals surface area (Å²) in [5.74, 6) is 0.983. The van der Waals surface area contributed by atoms with E-state index >= 15 is 0 Å². The predicted octanol–water partition coefficient (Wildman–Crippen LogP) is 5.30. The van der Waals surface area contributed by atoms with E-state index in [0.717, 1.165) is 18.4 Å². The van der Waals surface area contributed by atoms with Crippen LogP contribution in [-0.4, -0.2) is 85.6 Å². The molecule has 232 valence electrons. The molecule has 0 spiro atoms. The summed E-state index contributed by atoms with van der Waals surface area (Å²) in [7, 11) is 0.815. The summed E-state index contributed by atoms with van der Waals surface area (Å²) in [5.41, 5.74) is 1.56. The zero-order valence-electron chi connectivity index (χ0n) is 25.5. The third kappa shape index (κ3) is 9.51. The number of nitrogens with zero attached hydrogens (tertiary/aromatic N) is 3. The van der Waals surface area contributed by atoms with Crippen LogP contribution in [0.4, 0.5) is 28.8 Å². The number of rotatable bonds is 16. The van der Waals surface area contributed by atoms with Crippen molar-refractivity contribution < 1.29 is 23.9 Å². The van der Waals surface area contributed by atoms with E-state index in [9.17, 15) is 9.69 Å². The summed E-state index contributed by atoms with van der Waals surface area (Å²) >= 11 is 6.44. The van der Waals surface area contributed by atoms with Crippen LogP contribution in [-0.2, 0) is 9.53 Å². The van der Waals surface area contributed by atoms with Crippen LogP contribution in [0.2, 0.25) is 5.02 Å². The fourth-order valence-electron chi connectivity index (χ4n) is 4.29. The van der Waals surface area contributed by atoms with Crippen LogP contribution in [0.5, 0.6) is 11.5 Å². The van der Waals surface area contributed by atoms with Gasteiger partial charge in [0.15, 0.2) is 13.3 Å². The number of halogens is 1. The molecule has 0 radical (unpaired) electrons. The molecule has 1 atom stereocenters. The topological polar surface area (TPSA) is 130 Å². The van der Waals surface area contributed by atoms with Crippen molar-refractivity contribution in [3.05, 3.63) is 60.3 Å². The highest BCUT2D eigenvalue weighted by Crippen LogP contribution is 2.47. The Bertz CT molecular complexity index is 1400. The number of likely N-dealkylation sites (N-methyl/N-ethyl adjacent to an activating group) is 1. The molecule has 1 unspecified atom stereocenters. The van der Waals surface area contributed by atoms with Gasteiger partial charge in [-0.3, -0.25) is 4.79 Å². The molecule has 1 aromatic heterocycles. The zero-order valence-corrected chi connectivity index (χ0v) is 27.1. The Labute approximate surface area is 259 Å². The SMILES string of the molecule is C=CC(=O)Nc1cc(Nc2ncc(Cl)c(Nc3ccccc3[P+](C)(C)O)n2)c(OC)cc1OC(COC)CN(CC)CC. The van der Waals surface area contributed by atoms with Gasteiger partial charge in [0.1, 0.15) is 27.9 Å². The van der Waals surface area contributed by atoms with Crippen LogP contribution in [0, 0.1) is 0 Å². The summed E-state index contributed by atoms with van der Waals surface area (Å²) in [6, 6.07) is 10.8. The number of para-hydroxylation sites is 1. The number of amides is 1. The maximum Gasteiger partial charge on any atom is 0.247 e. The molecule has 3 aromatic rings. The minimum absolute atomic E-state index is 0.217. The number of nitrogens with one attached hydrogen (secondary N) is 3. The summed E-state index contributed by atoms with van der Waals surface area (Å²) < 4.78 is 17.4. The highest BCUT2D eigenvalue weighted by Gasteiger charge is 2.29. The van der Waals surface area contributed by atoms with Gasteiger partial charge in [0, 0.05) is 19.7 Å². The largest absolute Gasteiger partial charge is 0.494 e. The van der Waals surface area contributed by atoms with Crippen LogP contribution in [0.15, 0.2) is 55.3 Å². The van der Waals surface area contributed by atoms with E-state index < -0.39 is 13.4 Å². The number of carbonyl (C=O) groups excluding carboxylic acids is 1. The molecule has 2 aromatic carbocycles. The molecule has 0 aliphatic rings. The smallest absolute Gasteiger partial charge is 0.247 e. The lowest BCUT2D eigenvalue weighted by molar-refractivity contribution is -0.111. The summed E-state index contributed by atoms with van der Waals surface area (Å²) in [6.45, 7) is 14.0. The molecule has 0 bridgehead atoms. The van der Waals surface area contributed by atoms with Crippen LogP contribution in [0.25, 0.3) is 0 Å². The van der Waals surface area contributed by atoms with Gasteiger partial charge in [-0.2, -0.15) is 4.98 Å². The lowest BCUT2D eigenvalue weighted by atomic mass is 10.2. The van der Waals surface area contributed by atoms with Gasteiger partial charge < -0.3 is 35.1 Å². The van der Waals surface area contributed by atoms with Crippen LogP contribution < -0.4 is 30.7 Å². The molecule has 0 fully saturated rings. The molecule has 43 heavy (non-hydrogen) atoms. The van der Waals surface area contributed by atoms with Gasteiger partial charge in [-0.15, -0.1) is 0 Å². The van der Waals surface area contributed by atoms with Crippen molar-refractivity contribution in [3.63, 3.8) is 0 Å². The Balaban J connectivity index is 1.98. The van der Waals surface area contributed by atoms with E-state index in [1.807, 2.05) is 37.6 Å². The number of carbonyl (C=O) groups is 1. The van der Waals surface area contributed by atoms with Gasteiger partial charge in [-0.05, 0) is 37.4 Å². The molecular formula is C30H41ClN6O5P+. The summed E-state index contributed by atoms with van der Waals surface area (Å²) in [6.07, 6.45) is 2.33. The molecule has 1 amide bonds. The maximum absolute atomic E-state index is 12.4. The number of hydrogen-bond donors (Lipinski definition) is 4. The monoisotopic (exact) mass is 631 g/mol. The van der Waals surface area contributed by atoms with E-state index in [2.05, 4.69) is 51.2 Å². The van der Waals surface area contributed by atoms with Gasteiger partial charge in [-0.1, -0.05) is 44.2 Å². The molecule has 0 aliphatic heterocycles. The standard InChI is InChI=1S/C30H40ClN6O5P/c1-8-28(38)33-24-15-23(25(41-5)16-26(24)42-20(19-40-4)18-37(9-2)10-3)35-30-32-17-21(31)29(36-30)34-22-13-11-12-14-27(22)43(6,7)39/h8,11-17,20,39H,1,9-10,18-19H2,2-7H3,(H2-,32,33,34,35,36,38)/p+1. The normalized spacial score (nSPS) is 12.0. The average Bonchev–Trinajstić information content (AvgIpc) is 2.98. The predicted molar refractivity (Wildman–Crippen MR) is 177 cm³/mol. The zero-order chi connectivity index (χ0) is 31.6. The molecule has 13 heteroatoms. The molecule has 0 saturated carbocycles. The van der Waals surface area contributed by atoms with Crippen molar-refractivity contribution in [2.75, 3.05) is 69.7 Å². The number of aromatic nitrogens is 2. The van der Waals surface area contributed by atoms with E-state index in [-0.39, 0.29) is 12.1 Å². The maximum atomic E-state index is 12.4. The fraction of sp³-hybridized carbons (Fsp3) is 0.367. The van der Waals surface area contributed by atoms with Crippen molar-refractivity contribution in [2.24, 2.45) is 0 Å².